The highest BCUT2D eigenvalue weighted by Gasteiger charge is 2.34. The molecule has 2 aromatic carbocycles. The SMILES string of the molecule is COc1ccc(S(=O)(=O)N2CCC[C@H](C(=O)N(C)Cc3ccccc3)C2)cc1Cl. The molecule has 2 aromatic rings. The van der Waals surface area contributed by atoms with Crippen LogP contribution in [0.2, 0.25) is 5.02 Å². The van der Waals surface area contributed by atoms with Gasteiger partial charge in [0.25, 0.3) is 0 Å². The molecule has 29 heavy (non-hydrogen) atoms. The number of benzene rings is 2. The van der Waals surface area contributed by atoms with Crippen molar-refractivity contribution in [2.24, 2.45) is 5.92 Å². The van der Waals surface area contributed by atoms with Crippen molar-refractivity contribution < 1.29 is 17.9 Å². The van der Waals surface area contributed by atoms with Crippen molar-refractivity contribution in [1.82, 2.24) is 9.21 Å². The van der Waals surface area contributed by atoms with E-state index in [1.807, 2.05) is 30.3 Å². The molecule has 156 valence electrons. The van der Waals surface area contributed by atoms with Crippen LogP contribution in [-0.2, 0) is 21.4 Å². The smallest absolute Gasteiger partial charge is 0.243 e. The van der Waals surface area contributed by atoms with Gasteiger partial charge in [0.15, 0.2) is 0 Å². The summed E-state index contributed by atoms with van der Waals surface area (Å²) < 4.78 is 32.6. The average molecular weight is 437 g/mol. The van der Waals surface area contributed by atoms with Crippen LogP contribution in [0.1, 0.15) is 18.4 Å². The summed E-state index contributed by atoms with van der Waals surface area (Å²) in [6.45, 7) is 1.05. The Bertz CT molecular complexity index is 966. The third kappa shape index (κ3) is 4.91. The normalized spacial score (nSPS) is 17.7. The van der Waals surface area contributed by atoms with E-state index in [9.17, 15) is 13.2 Å². The number of amides is 1. The maximum atomic E-state index is 13.1. The van der Waals surface area contributed by atoms with Crippen LogP contribution < -0.4 is 4.74 Å². The highest BCUT2D eigenvalue weighted by atomic mass is 35.5. The van der Waals surface area contributed by atoms with Crippen LogP contribution in [0.15, 0.2) is 53.4 Å². The second kappa shape index (κ2) is 9.15. The molecule has 0 radical (unpaired) electrons. The van der Waals surface area contributed by atoms with Crippen molar-refractivity contribution >= 4 is 27.5 Å². The average Bonchev–Trinajstić information content (AvgIpc) is 2.74. The Hall–Kier alpha value is -2.09. The quantitative estimate of drug-likeness (QED) is 0.696. The fourth-order valence-electron chi connectivity index (χ4n) is 3.57. The maximum absolute atomic E-state index is 13.1. The van der Waals surface area contributed by atoms with Crippen LogP contribution in [0.5, 0.6) is 5.75 Å². The van der Waals surface area contributed by atoms with Gasteiger partial charge in [-0.3, -0.25) is 4.79 Å². The van der Waals surface area contributed by atoms with Gasteiger partial charge in [0.2, 0.25) is 15.9 Å². The van der Waals surface area contributed by atoms with Crippen molar-refractivity contribution in [2.45, 2.75) is 24.3 Å². The molecule has 0 N–H and O–H groups in total. The van der Waals surface area contributed by atoms with Gasteiger partial charge in [0.05, 0.1) is 22.9 Å². The number of hydrogen-bond acceptors (Lipinski definition) is 4. The van der Waals surface area contributed by atoms with Gasteiger partial charge in [-0.1, -0.05) is 41.9 Å². The number of rotatable bonds is 6. The van der Waals surface area contributed by atoms with Gasteiger partial charge in [0.1, 0.15) is 5.75 Å². The molecule has 0 saturated carbocycles. The van der Waals surface area contributed by atoms with Gasteiger partial charge >= 0.3 is 0 Å². The Morgan fingerprint density at radius 2 is 1.97 bits per heavy atom. The van der Waals surface area contributed by atoms with E-state index in [2.05, 4.69) is 0 Å². The molecule has 1 atom stereocenters. The van der Waals surface area contributed by atoms with Crippen LogP contribution >= 0.6 is 11.6 Å². The molecule has 1 aliphatic rings. The van der Waals surface area contributed by atoms with Gasteiger partial charge in [-0.25, -0.2) is 8.42 Å². The zero-order valence-corrected chi connectivity index (χ0v) is 18.1. The summed E-state index contributed by atoms with van der Waals surface area (Å²) in [6, 6.07) is 14.1. The van der Waals surface area contributed by atoms with Crippen LogP contribution in [0.25, 0.3) is 0 Å². The molecule has 6 nitrogen and oxygen atoms in total. The Balaban J connectivity index is 1.72. The highest BCUT2D eigenvalue weighted by Crippen LogP contribution is 2.30. The Kier molecular flexibility index (Phi) is 6.82. The van der Waals surface area contributed by atoms with Crippen LogP contribution in [0, 0.1) is 5.92 Å². The highest BCUT2D eigenvalue weighted by molar-refractivity contribution is 7.89. The molecule has 0 aliphatic carbocycles. The first-order valence-electron chi connectivity index (χ1n) is 9.45. The Labute approximate surface area is 177 Å². The summed E-state index contributed by atoms with van der Waals surface area (Å²) in [5.74, 6) is 0.0160. The summed E-state index contributed by atoms with van der Waals surface area (Å²) in [7, 11) is -0.508. The van der Waals surface area contributed by atoms with E-state index in [4.69, 9.17) is 16.3 Å². The lowest BCUT2D eigenvalue weighted by atomic mass is 9.98. The summed E-state index contributed by atoms with van der Waals surface area (Å²) in [5, 5.41) is 0.237. The van der Waals surface area contributed by atoms with Crippen LogP contribution in [0.4, 0.5) is 0 Å². The number of halogens is 1. The molecule has 8 heteroatoms. The van der Waals surface area contributed by atoms with Crippen LogP contribution in [0.3, 0.4) is 0 Å². The van der Waals surface area contributed by atoms with E-state index < -0.39 is 10.0 Å². The second-order valence-electron chi connectivity index (χ2n) is 7.18. The largest absolute Gasteiger partial charge is 0.495 e. The number of nitrogens with zero attached hydrogens (tertiary/aromatic N) is 2. The number of carbonyl (C=O) groups excluding carboxylic acids is 1. The first-order valence-corrected chi connectivity index (χ1v) is 11.3. The molecule has 1 heterocycles. The molecular formula is C21H25ClN2O4S. The fourth-order valence-corrected chi connectivity index (χ4v) is 5.44. The van der Waals surface area contributed by atoms with E-state index in [1.54, 1.807) is 11.9 Å². The standard InChI is InChI=1S/C21H25ClN2O4S/c1-23(14-16-7-4-3-5-8-16)21(25)17-9-6-12-24(15-17)29(26,27)18-10-11-20(28-2)19(22)13-18/h3-5,7-8,10-11,13,17H,6,9,12,14-15H2,1-2H3/t17-/m0/s1. The van der Waals surface area contributed by atoms with Gasteiger partial charge in [-0.05, 0) is 36.6 Å². The summed E-state index contributed by atoms with van der Waals surface area (Å²) in [5.41, 5.74) is 1.04. The predicted octanol–water partition coefficient (Wildman–Crippen LogP) is 3.41. The van der Waals surface area contributed by atoms with E-state index in [-0.39, 0.29) is 28.3 Å². The first-order chi connectivity index (χ1) is 13.8. The molecule has 0 aromatic heterocycles. The predicted molar refractivity (Wildman–Crippen MR) is 112 cm³/mol. The second-order valence-corrected chi connectivity index (χ2v) is 9.52. The van der Waals surface area contributed by atoms with E-state index >= 15 is 0 Å². The third-order valence-electron chi connectivity index (χ3n) is 5.13. The van der Waals surface area contributed by atoms with Crippen LogP contribution in [-0.4, -0.2) is 50.8 Å². The number of piperidine rings is 1. The van der Waals surface area contributed by atoms with Crippen molar-refractivity contribution in [2.75, 3.05) is 27.2 Å². The molecule has 0 unspecified atom stereocenters. The number of ether oxygens (including phenoxy) is 1. The lowest BCUT2D eigenvalue weighted by molar-refractivity contribution is -0.135. The molecule has 0 bridgehead atoms. The number of hydrogen-bond donors (Lipinski definition) is 0. The zero-order valence-electron chi connectivity index (χ0n) is 16.5. The van der Waals surface area contributed by atoms with Gasteiger partial charge < -0.3 is 9.64 Å². The Morgan fingerprint density at radius 3 is 2.62 bits per heavy atom. The third-order valence-corrected chi connectivity index (χ3v) is 7.29. The first kappa shape index (κ1) is 21.6. The van der Waals surface area contributed by atoms with Crippen molar-refractivity contribution in [1.29, 1.82) is 0 Å². The number of sulfonamides is 1. The van der Waals surface area contributed by atoms with E-state index in [0.717, 1.165) is 5.56 Å². The molecular weight excluding hydrogens is 412 g/mol. The number of methoxy groups -OCH3 is 1. The van der Waals surface area contributed by atoms with Crippen molar-refractivity contribution in [3.63, 3.8) is 0 Å². The lowest BCUT2D eigenvalue weighted by Crippen LogP contribution is -2.45. The van der Waals surface area contributed by atoms with Gasteiger partial charge in [-0.2, -0.15) is 4.31 Å². The fraction of sp³-hybridized carbons (Fsp3) is 0.381. The lowest BCUT2D eigenvalue weighted by Gasteiger charge is -2.33. The van der Waals surface area contributed by atoms with Crippen molar-refractivity contribution in [3.05, 3.63) is 59.1 Å². The minimum Gasteiger partial charge on any atom is -0.495 e. The molecule has 1 saturated heterocycles. The minimum atomic E-state index is -3.74. The van der Waals surface area contributed by atoms with Crippen molar-refractivity contribution in [3.8, 4) is 5.75 Å². The maximum Gasteiger partial charge on any atom is 0.243 e. The van der Waals surface area contributed by atoms with E-state index in [0.29, 0.717) is 31.7 Å². The minimum absolute atomic E-state index is 0.0403. The summed E-state index contributed by atoms with van der Waals surface area (Å²) in [6.07, 6.45) is 1.31. The molecule has 3 rings (SSSR count). The summed E-state index contributed by atoms with van der Waals surface area (Å²) in [4.78, 5) is 14.7. The molecule has 0 spiro atoms. The zero-order chi connectivity index (χ0) is 21.0. The number of carbonyl (C=O) groups is 1. The topological polar surface area (TPSA) is 66.9 Å². The monoisotopic (exact) mass is 436 g/mol. The van der Waals surface area contributed by atoms with E-state index in [1.165, 1.54) is 29.6 Å². The Morgan fingerprint density at radius 1 is 1.24 bits per heavy atom. The van der Waals surface area contributed by atoms with Gasteiger partial charge in [-0.15, -0.1) is 0 Å². The molecule has 1 fully saturated rings. The molecule has 1 amide bonds. The van der Waals surface area contributed by atoms with Gasteiger partial charge in [0, 0.05) is 26.7 Å². The summed E-state index contributed by atoms with van der Waals surface area (Å²) >= 11 is 6.10. The molecule has 1 aliphatic heterocycles.